The van der Waals surface area contributed by atoms with E-state index in [1.165, 1.54) is 0 Å². The molecule has 1 amide bonds. The molecule has 1 aliphatic rings. The highest BCUT2D eigenvalue weighted by Gasteiger charge is 2.24. The summed E-state index contributed by atoms with van der Waals surface area (Å²) in [7, 11) is 0. The third kappa shape index (κ3) is 4.06. The molecule has 0 aromatic carbocycles. The molecule has 1 aliphatic heterocycles. The predicted molar refractivity (Wildman–Crippen MR) is 83.2 cm³/mol. The Kier molecular flexibility index (Phi) is 6.40. The molecule has 2 heterocycles. The SMILES string of the molecule is CC(CN)C(=O)N1CCN(c2cc(C#N)ccn2)CC1.Cl. The highest BCUT2D eigenvalue weighted by Crippen LogP contribution is 2.15. The number of hydrogen-bond donors (Lipinski definition) is 1. The van der Waals surface area contributed by atoms with Crippen molar-refractivity contribution in [2.75, 3.05) is 37.6 Å². The molecule has 6 nitrogen and oxygen atoms in total. The van der Waals surface area contributed by atoms with Crippen LogP contribution in [0.25, 0.3) is 0 Å². The van der Waals surface area contributed by atoms with Crippen molar-refractivity contribution in [2.45, 2.75) is 6.92 Å². The van der Waals surface area contributed by atoms with Crippen LogP contribution in [0, 0.1) is 17.2 Å². The lowest BCUT2D eigenvalue weighted by Crippen LogP contribution is -2.51. The first kappa shape index (κ1) is 17.2. The zero-order valence-corrected chi connectivity index (χ0v) is 12.8. The van der Waals surface area contributed by atoms with Gasteiger partial charge in [-0.1, -0.05) is 6.92 Å². The van der Waals surface area contributed by atoms with Crippen molar-refractivity contribution >= 4 is 24.1 Å². The van der Waals surface area contributed by atoms with Gasteiger partial charge in [-0.25, -0.2) is 4.98 Å². The molecular weight excluding hydrogens is 290 g/mol. The number of hydrogen-bond acceptors (Lipinski definition) is 5. The summed E-state index contributed by atoms with van der Waals surface area (Å²) in [5.41, 5.74) is 6.13. The van der Waals surface area contributed by atoms with Gasteiger partial charge in [0.2, 0.25) is 5.91 Å². The van der Waals surface area contributed by atoms with Crippen LogP contribution in [0.1, 0.15) is 12.5 Å². The molecule has 1 unspecified atom stereocenters. The number of carbonyl (C=O) groups is 1. The number of nitrogens with zero attached hydrogens (tertiary/aromatic N) is 4. The van der Waals surface area contributed by atoms with E-state index in [9.17, 15) is 4.79 Å². The maximum Gasteiger partial charge on any atom is 0.226 e. The van der Waals surface area contributed by atoms with Gasteiger partial charge in [0.15, 0.2) is 0 Å². The van der Waals surface area contributed by atoms with Crippen molar-refractivity contribution in [3.63, 3.8) is 0 Å². The van der Waals surface area contributed by atoms with E-state index < -0.39 is 0 Å². The summed E-state index contributed by atoms with van der Waals surface area (Å²) in [6, 6.07) is 5.58. The Morgan fingerprint density at radius 3 is 2.71 bits per heavy atom. The van der Waals surface area contributed by atoms with Crippen LogP contribution in [0.2, 0.25) is 0 Å². The van der Waals surface area contributed by atoms with Crippen LogP contribution in [-0.4, -0.2) is 48.5 Å². The molecule has 1 atom stereocenters. The van der Waals surface area contributed by atoms with Crippen molar-refractivity contribution in [1.29, 1.82) is 5.26 Å². The smallest absolute Gasteiger partial charge is 0.226 e. The Labute approximate surface area is 130 Å². The summed E-state index contributed by atoms with van der Waals surface area (Å²) in [5, 5.41) is 8.90. The fourth-order valence-electron chi connectivity index (χ4n) is 2.23. The Bertz CT molecular complexity index is 522. The zero-order chi connectivity index (χ0) is 14.5. The van der Waals surface area contributed by atoms with Crippen LogP contribution in [0.4, 0.5) is 5.82 Å². The number of nitrogens with two attached hydrogens (primary N) is 1. The third-order valence-corrected chi connectivity index (χ3v) is 3.57. The van der Waals surface area contributed by atoms with Gasteiger partial charge in [-0.2, -0.15) is 5.26 Å². The van der Waals surface area contributed by atoms with E-state index in [1.807, 2.05) is 11.8 Å². The highest BCUT2D eigenvalue weighted by molar-refractivity contribution is 5.85. The van der Waals surface area contributed by atoms with Crippen LogP contribution in [0.15, 0.2) is 18.3 Å². The number of rotatable bonds is 3. The van der Waals surface area contributed by atoms with Gasteiger partial charge >= 0.3 is 0 Å². The first-order valence-electron chi connectivity index (χ1n) is 6.75. The standard InChI is InChI=1S/C14H19N5O.ClH/c1-11(9-15)14(20)19-6-4-18(5-7-19)13-8-12(10-16)2-3-17-13;/h2-3,8,11H,4-7,9,15H2,1H3;1H. The van der Waals surface area contributed by atoms with Gasteiger partial charge in [0.05, 0.1) is 11.6 Å². The van der Waals surface area contributed by atoms with E-state index in [2.05, 4.69) is 16.0 Å². The van der Waals surface area contributed by atoms with Gasteiger partial charge in [0.1, 0.15) is 5.82 Å². The maximum absolute atomic E-state index is 12.0. The minimum atomic E-state index is -0.124. The van der Waals surface area contributed by atoms with E-state index in [4.69, 9.17) is 11.0 Å². The minimum Gasteiger partial charge on any atom is -0.353 e. The molecule has 1 saturated heterocycles. The van der Waals surface area contributed by atoms with Gasteiger partial charge in [0.25, 0.3) is 0 Å². The quantitative estimate of drug-likeness (QED) is 0.884. The lowest BCUT2D eigenvalue weighted by molar-refractivity contribution is -0.134. The number of carbonyl (C=O) groups excluding carboxylic acids is 1. The monoisotopic (exact) mass is 309 g/mol. The summed E-state index contributed by atoms with van der Waals surface area (Å²) in [4.78, 5) is 20.3. The summed E-state index contributed by atoms with van der Waals surface area (Å²) in [5.74, 6) is 0.787. The maximum atomic E-state index is 12.0. The number of pyridine rings is 1. The topological polar surface area (TPSA) is 86.3 Å². The van der Waals surface area contributed by atoms with Crippen molar-refractivity contribution in [3.05, 3.63) is 23.9 Å². The Hall–Kier alpha value is -1.84. The van der Waals surface area contributed by atoms with E-state index in [-0.39, 0.29) is 24.2 Å². The molecule has 0 radical (unpaired) electrons. The number of halogens is 1. The van der Waals surface area contributed by atoms with Crippen LogP contribution in [0.5, 0.6) is 0 Å². The zero-order valence-electron chi connectivity index (χ0n) is 12.0. The van der Waals surface area contributed by atoms with Crippen molar-refractivity contribution in [2.24, 2.45) is 11.7 Å². The normalized spacial score (nSPS) is 15.9. The highest BCUT2D eigenvalue weighted by atomic mass is 35.5. The second kappa shape index (κ2) is 7.81. The summed E-state index contributed by atoms with van der Waals surface area (Å²) in [6.07, 6.45) is 1.64. The van der Waals surface area contributed by atoms with Crippen LogP contribution in [-0.2, 0) is 4.79 Å². The third-order valence-electron chi connectivity index (χ3n) is 3.57. The predicted octanol–water partition coefficient (Wildman–Crippen LogP) is 0.618. The number of nitriles is 1. The van der Waals surface area contributed by atoms with Crippen molar-refractivity contribution in [3.8, 4) is 6.07 Å². The molecule has 1 fully saturated rings. The Morgan fingerprint density at radius 2 is 2.14 bits per heavy atom. The second-order valence-corrected chi connectivity index (χ2v) is 4.96. The molecule has 2 N–H and O–H groups in total. The van der Waals surface area contributed by atoms with Gasteiger partial charge < -0.3 is 15.5 Å². The molecule has 2 rings (SSSR count). The van der Waals surface area contributed by atoms with Crippen LogP contribution < -0.4 is 10.6 Å². The largest absolute Gasteiger partial charge is 0.353 e. The van der Waals surface area contributed by atoms with E-state index in [0.717, 1.165) is 18.9 Å². The Balaban J connectivity index is 0.00000220. The molecule has 0 spiro atoms. The molecule has 21 heavy (non-hydrogen) atoms. The molecule has 0 aliphatic carbocycles. The fourth-order valence-corrected chi connectivity index (χ4v) is 2.23. The van der Waals surface area contributed by atoms with E-state index in [0.29, 0.717) is 25.2 Å². The Morgan fingerprint density at radius 1 is 1.48 bits per heavy atom. The summed E-state index contributed by atoms with van der Waals surface area (Å²) in [6.45, 7) is 5.02. The second-order valence-electron chi connectivity index (χ2n) is 4.96. The minimum absolute atomic E-state index is 0. The average molecular weight is 310 g/mol. The molecule has 1 aromatic heterocycles. The fraction of sp³-hybridized carbons (Fsp3) is 0.500. The van der Waals surface area contributed by atoms with Crippen molar-refractivity contribution < 1.29 is 4.79 Å². The number of aromatic nitrogens is 1. The summed E-state index contributed by atoms with van der Waals surface area (Å²) < 4.78 is 0. The lowest BCUT2D eigenvalue weighted by atomic mass is 10.1. The van der Waals surface area contributed by atoms with Crippen molar-refractivity contribution in [1.82, 2.24) is 9.88 Å². The average Bonchev–Trinajstić information content (AvgIpc) is 2.53. The molecule has 114 valence electrons. The van der Waals surface area contributed by atoms with E-state index in [1.54, 1.807) is 18.3 Å². The first-order chi connectivity index (χ1) is 9.65. The van der Waals surface area contributed by atoms with Gasteiger partial charge in [-0.3, -0.25) is 4.79 Å². The van der Waals surface area contributed by atoms with E-state index >= 15 is 0 Å². The van der Waals surface area contributed by atoms with Crippen LogP contribution >= 0.6 is 12.4 Å². The van der Waals surface area contributed by atoms with Gasteiger partial charge in [0, 0.05) is 44.8 Å². The number of piperazine rings is 1. The molecule has 7 heteroatoms. The lowest BCUT2D eigenvalue weighted by Gasteiger charge is -2.36. The summed E-state index contributed by atoms with van der Waals surface area (Å²) >= 11 is 0. The number of amides is 1. The number of anilines is 1. The molecule has 1 aromatic rings. The molecular formula is C14H20ClN5O. The molecule has 0 saturated carbocycles. The van der Waals surface area contributed by atoms with Gasteiger partial charge in [-0.15, -0.1) is 12.4 Å². The molecule has 0 bridgehead atoms. The van der Waals surface area contributed by atoms with Crippen LogP contribution in [0.3, 0.4) is 0 Å². The first-order valence-corrected chi connectivity index (χ1v) is 6.75. The van der Waals surface area contributed by atoms with Gasteiger partial charge in [-0.05, 0) is 12.1 Å².